The first-order chi connectivity index (χ1) is 5.00. The number of pyridine rings is 1. The molecule has 0 saturated heterocycles. The average molecular weight is 181 g/mol. The maximum Gasteiger partial charge on any atom is 1.00 e. The Bertz CT molecular complexity index is 267. The number of aromatic nitrogens is 1. The first-order valence-electron chi connectivity index (χ1n) is 2.94. The van der Waals surface area contributed by atoms with Crippen molar-refractivity contribution in [1.29, 1.82) is 0 Å². The predicted molar refractivity (Wildman–Crippen MR) is 41.3 cm³/mol. The molecule has 4 nitrogen and oxygen atoms in total. The van der Waals surface area contributed by atoms with Crippen LogP contribution in [0.4, 0.5) is 0 Å². The molecule has 0 aliphatic rings. The van der Waals surface area contributed by atoms with Crippen molar-refractivity contribution in [3.8, 4) is 0 Å². The summed E-state index contributed by atoms with van der Waals surface area (Å²) in [5.74, 6) is 0. The van der Waals surface area contributed by atoms with E-state index in [1.54, 1.807) is 0 Å². The fourth-order valence-corrected chi connectivity index (χ4v) is 0.810. The number of nitrogens with zero attached hydrogens (tertiary/aromatic N) is 1. The van der Waals surface area contributed by atoms with Gasteiger partial charge in [0, 0.05) is 0 Å². The monoisotopic (exact) mass is 181 g/mol. The number of rotatable bonds is 1. The smallest absolute Gasteiger partial charge is 0.555 e. The molecule has 0 bridgehead atoms. The summed E-state index contributed by atoms with van der Waals surface area (Å²) in [6, 6.07) is 4.20. The molecular formula is C5H6BClLiNO3. The zero-order valence-electron chi connectivity index (χ0n) is 6.48. The molecule has 60 valence electrons. The van der Waals surface area contributed by atoms with Gasteiger partial charge in [0.25, 0.3) is 0 Å². The van der Waals surface area contributed by atoms with Crippen molar-refractivity contribution in [1.82, 2.24) is 4.98 Å². The molecule has 0 aliphatic heterocycles. The molecule has 0 unspecified atom stereocenters. The van der Waals surface area contributed by atoms with Crippen molar-refractivity contribution in [3.63, 3.8) is 0 Å². The van der Waals surface area contributed by atoms with Crippen LogP contribution in [0.15, 0.2) is 18.2 Å². The fraction of sp³-hybridized carbons (Fsp3) is 0. The summed E-state index contributed by atoms with van der Waals surface area (Å²) < 4.78 is 0. The molecule has 0 saturated carbocycles. The third kappa shape index (κ3) is 3.15. The van der Waals surface area contributed by atoms with Crippen LogP contribution in [0, 0.1) is 0 Å². The van der Waals surface area contributed by atoms with Crippen LogP contribution in [-0.4, -0.2) is 26.8 Å². The van der Waals surface area contributed by atoms with Gasteiger partial charge in [-0.2, -0.15) is 0 Å². The zero-order valence-corrected chi connectivity index (χ0v) is 7.23. The molecule has 7 heteroatoms. The number of hydrogen-bond acceptors (Lipinski definition) is 4. The summed E-state index contributed by atoms with van der Waals surface area (Å²) in [5, 5.41) is 26.1. The summed E-state index contributed by atoms with van der Waals surface area (Å²) in [7, 11) is 0. The van der Waals surface area contributed by atoms with E-state index in [0.29, 0.717) is 0 Å². The van der Waals surface area contributed by atoms with Crippen molar-refractivity contribution in [2.24, 2.45) is 0 Å². The minimum Gasteiger partial charge on any atom is -0.555 e. The molecule has 0 aromatic carbocycles. The summed E-state index contributed by atoms with van der Waals surface area (Å²) in [4.78, 5) is 3.49. The van der Waals surface area contributed by atoms with E-state index in [4.69, 9.17) is 26.7 Å². The van der Waals surface area contributed by atoms with E-state index in [2.05, 4.69) is 4.98 Å². The van der Waals surface area contributed by atoms with E-state index in [-0.39, 0.29) is 29.6 Å². The summed E-state index contributed by atoms with van der Waals surface area (Å²) >= 11 is 5.42. The van der Waals surface area contributed by atoms with Gasteiger partial charge in [-0.1, -0.05) is 23.7 Å². The van der Waals surface area contributed by atoms with Gasteiger partial charge in [-0.15, -0.1) is 0 Å². The van der Waals surface area contributed by atoms with Crippen molar-refractivity contribution < 1.29 is 33.9 Å². The van der Waals surface area contributed by atoms with E-state index in [1.165, 1.54) is 18.2 Å². The topological polar surface area (TPSA) is 73.6 Å². The normalized spacial score (nSPS) is 10.7. The second-order valence-electron chi connectivity index (χ2n) is 2.12. The van der Waals surface area contributed by atoms with Crippen LogP contribution in [0.3, 0.4) is 0 Å². The molecule has 1 aromatic heterocycles. The Balaban J connectivity index is 0.00000121. The Labute approximate surface area is 86.4 Å². The van der Waals surface area contributed by atoms with Crippen molar-refractivity contribution in [2.45, 2.75) is 0 Å². The predicted octanol–water partition coefficient (Wildman–Crippen LogP) is -4.14. The Kier molecular flexibility index (Phi) is 4.28. The molecule has 0 radical (unpaired) electrons. The molecule has 0 fully saturated rings. The van der Waals surface area contributed by atoms with Gasteiger partial charge in [0.15, 0.2) is 0 Å². The van der Waals surface area contributed by atoms with Gasteiger partial charge >= 0.3 is 25.6 Å². The van der Waals surface area contributed by atoms with Crippen LogP contribution in [-0.2, 0) is 0 Å². The van der Waals surface area contributed by atoms with Crippen LogP contribution in [0.2, 0.25) is 5.15 Å². The molecule has 1 heterocycles. The molecule has 0 atom stereocenters. The Hall–Kier alpha value is -0.0177. The van der Waals surface area contributed by atoms with Crippen LogP contribution in [0.5, 0.6) is 0 Å². The first-order valence-corrected chi connectivity index (χ1v) is 3.32. The van der Waals surface area contributed by atoms with Gasteiger partial charge in [-0.3, -0.25) is 4.98 Å². The van der Waals surface area contributed by atoms with E-state index < -0.39 is 6.75 Å². The Morgan fingerprint density at radius 1 is 1.25 bits per heavy atom. The molecule has 3 N–H and O–H groups in total. The molecule has 0 spiro atoms. The third-order valence-corrected chi connectivity index (χ3v) is 1.34. The van der Waals surface area contributed by atoms with Gasteiger partial charge in [0.05, 0.1) is 0 Å². The van der Waals surface area contributed by atoms with E-state index in [0.717, 1.165) is 0 Å². The average Bonchev–Trinajstić information content (AvgIpc) is 1.86. The largest absolute Gasteiger partial charge is 1.00 e. The maximum atomic E-state index is 8.67. The molecule has 0 aliphatic carbocycles. The van der Waals surface area contributed by atoms with Crippen LogP contribution in [0.25, 0.3) is 0 Å². The van der Waals surface area contributed by atoms with Crippen molar-refractivity contribution in [2.75, 3.05) is 0 Å². The van der Waals surface area contributed by atoms with E-state index >= 15 is 0 Å². The number of hydrogen-bond donors (Lipinski definition) is 3. The van der Waals surface area contributed by atoms with Gasteiger partial charge in [0.1, 0.15) is 5.15 Å². The van der Waals surface area contributed by atoms with Crippen molar-refractivity contribution >= 4 is 23.9 Å². The first kappa shape index (κ1) is 12.0. The standard InChI is InChI=1S/C5H6BClNO3.Li/c7-5-3-1-2-4(8-5)6(9,10)11;/h1-3,9-11H;/q-1;+1. The molecule has 1 rings (SSSR count). The summed E-state index contributed by atoms with van der Waals surface area (Å²) in [6.45, 7) is -3.52. The molecule has 0 amide bonds. The van der Waals surface area contributed by atoms with Gasteiger partial charge in [0.2, 0.25) is 0 Å². The maximum absolute atomic E-state index is 8.67. The Morgan fingerprint density at radius 3 is 2.17 bits per heavy atom. The zero-order chi connectivity index (χ0) is 8.48. The van der Waals surface area contributed by atoms with Crippen molar-refractivity contribution in [3.05, 3.63) is 23.4 Å². The summed E-state index contributed by atoms with van der Waals surface area (Å²) in [6.07, 6.45) is 0. The minimum absolute atomic E-state index is 0. The van der Waals surface area contributed by atoms with Crippen LogP contribution >= 0.6 is 11.6 Å². The fourth-order valence-electron chi connectivity index (χ4n) is 0.640. The van der Waals surface area contributed by atoms with E-state index in [9.17, 15) is 0 Å². The second-order valence-corrected chi connectivity index (χ2v) is 2.51. The third-order valence-electron chi connectivity index (χ3n) is 1.13. The SMILES string of the molecule is O[B-](O)(O)c1cccc(Cl)n1.[Li+]. The molecule has 1 aromatic rings. The van der Waals surface area contributed by atoms with Gasteiger partial charge < -0.3 is 15.1 Å². The summed E-state index contributed by atoms with van der Waals surface area (Å²) in [5.41, 5.74) is -0.238. The second kappa shape index (κ2) is 4.28. The van der Waals surface area contributed by atoms with Crippen LogP contribution < -0.4 is 24.5 Å². The van der Waals surface area contributed by atoms with E-state index in [1.807, 2.05) is 0 Å². The molecular weight excluding hydrogens is 175 g/mol. The van der Waals surface area contributed by atoms with Gasteiger partial charge in [-0.25, -0.2) is 0 Å². The minimum atomic E-state index is -3.52. The van der Waals surface area contributed by atoms with Crippen LogP contribution in [0.1, 0.15) is 0 Å². The van der Waals surface area contributed by atoms with Gasteiger partial charge in [-0.05, 0) is 11.7 Å². The molecule has 12 heavy (non-hydrogen) atoms. The quantitative estimate of drug-likeness (QED) is 0.304. The number of halogens is 1. The Morgan fingerprint density at radius 2 is 1.83 bits per heavy atom.